The Labute approximate surface area is 142 Å². The molecule has 2 rings (SSSR count). The molecule has 134 valence electrons. The second-order valence-electron chi connectivity index (χ2n) is 5.72. The summed E-state index contributed by atoms with van der Waals surface area (Å²) in [6.07, 6.45) is 1.80. The molecule has 0 saturated carbocycles. The van der Waals surface area contributed by atoms with Gasteiger partial charge in [-0.3, -0.25) is 4.79 Å². The zero-order valence-corrected chi connectivity index (χ0v) is 14.5. The second-order valence-corrected chi connectivity index (χ2v) is 7.66. The van der Waals surface area contributed by atoms with E-state index in [-0.39, 0.29) is 23.5 Å². The number of hydrogen-bond acceptors (Lipinski definition) is 4. The van der Waals surface area contributed by atoms with Crippen molar-refractivity contribution in [2.24, 2.45) is 0 Å². The SMILES string of the molecule is CCCNC(=O)COC1CCN(S(=O)(=O)c2ccc(F)cc2)CC1. The zero-order chi connectivity index (χ0) is 17.6. The maximum atomic E-state index is 12.9. The van der Waals surface area contributed by atoms with Crippen molar-refractivity contribution in [2.45, 2.75) is 37.2 Å². The molecule has 1 N–H and O–H groups in total. The van der Waals surface area contributed by atoms with E-state index in [1.54, 1.807) is 0 Å². The molecule has 1 saturated heterocycles. The number of amides is 1. The molecule has 1 heterocycles. The first-order valence-electron chi connectivity index (χ1n) is 8.07. The van der Waals surface area contributed by atoms with Crippen LogP contribution >= 0.6 is 0 Å². The number of carbonyl (C=O) groups excluding carboxylic acids is 1. The van der Waals surface area contributed by atoms with Crippen LogP contribution in [0.25, 0.3) is 0 Å². The van der Waals surface area contributed by atoms with Gasteiger partial charge in [0, 0.05) is 19.6 Å². The monoisotopic (exact) mass is 358 g/mol. The third-order valence-corrected chi connectivity index (χ3v) is 5.79. The van der Waals surface area contributed by atoms with Crippen molar-refractivity contribution < 1.29 is 22.3 Å². The molecule has 6 nitrogen and oxygen atoms in total. The Kier molecular flexibility index (Phi) is 6.70. The summed E-state index contributed by atoms with van der Waals surface area (Å²) in [7, 11) is -3.61. The van der Waals surface area contributed by atoms with Crippen molar-refractivity contribution in [1.29, 1.82) is 0 Å². The lowest BCUT2D eigenvalue weighted by molar-refractivity contribution is -0.128. The van der Waals surface area contributed by atoms with Crippen molar-refractivity contribution in [3.63, 3.8) is 0 Å². The number of piperidine rings is 1. The van der Waals surface area contributed by atoms with E-state index in [9.17, 15) is 17.6 Å². The van der Waals surface area contributed by atoms with E-state index in [1.165, 1.54) is 16.4 Å². The van der Waals surface area contributed by atoms with Gasteiger partial charge < -0.3 is 10.1 Å². The number of hydrogen-bond donors (Lipinski definition) is 1. The average Bonchev–Trinajstić information content (AvgIpc) is 2.59. The Balaban J connectivity index is 1.83. The van der Waals surface area contributed by atoms with Gasteiger partial charge in [-0.2, -0.15) is 4.31 Å². The maximum absolute atomic E-state index is 12.9. The van der Waals surface area contributed by atoms with Crippen LogP contribution in [0.2, 0.25) is 0 Å². The van der Waals surface area contributed by atoms with Crippen LogP contribution in [-0.4, -0.2) is 51.0 Å². The van der Waals surface area contributed by atoms with Gasteiger partial charge in [0.2, 0.25) is 15.9 Å². The number of carbonyl (C=O) groups is 1. The smallest absolute Gasteiger partial charge is 0.246 e. The first-order chi connectivity index (χ1) is 11.4. The number of nitrogens with one attached hydrogen (secondary N) is 1. The van der Waals surface area contributed by atoms with E-state index in [4.69, 9.17) is 4.74 Å². The Hall–Kier alpha value is -1.51. The number of halogens is 1. The van der Waals surface area contributed by atoms with Crippen molar-refractivity contribution in [1.82, 2.24) is 9.62 Å². The highest BCUT2D eigenvalue weighted by atomic mass is 32.2. The number of nitrogens with zero attached hydrogens (tertiary/aromatic N) is 1. The molecular formula is C16H23FN2O4S. The minimum Gasteiger partial charge on any atom is -0.368 e. The van der Waals surface area contributed by atoms with Crippen LogP contribution in [-0.2, 0) is 19.6 Å². The minimum absolute atomic E-state index is 0.00458. The summed E-state index contributed by atoms with van der Waals surface area (Å²) >= 11 is 0. The van der Waals surface area contributed by atoms with Crippen molar-refractivity contribution >= 4 is 15.9 Å². The lowest BCUT2D eigenvalue weighted by Crippen LogP contribution is -2.41. The fourth-order valence-electron chi connectivity index (χ4n) is 2.50. The first kappa shape index (κ1) is 18.8. The topological polar surface area (TPSA) is 75.7 Å². The molecule has 1 aliphatic heterocycles. The third kappa shape index (κ3) is 4.99. The number of benzene rings is 1. The maximum Gasteiger partial charge on any atom is 0.246 e. The van der Waals surface area contributed by atoms with Crippen LogP contribution in [0.1, 0.15) is 26.2 Å². The van der Waals surface area contributed by atoms with Gasteiger partial charge in [-0.1, -0.05) is 6.92 Å². The van der Waals surface area contributed by atoms with Crippen LogP contribution in [0.5, 0.6) is 0 Å². The van der Waals surface area contributed by atoms with Crippen LogP contribution in [0, 0.1) is 5.82 Å². The predicted octanol–water partition coefficient (Wildman–Crippen LogP) is 1.52. The first-order valence-corrected chi connectivity index (χ1v) is 9.51. The second kappa shape index (κ2) is 8.55. The molecule has 0 unspecified atom stereocenters. The summed E-state index contributed by atoms with van der Waals surface area (Å²) in [5.41, 5.74) is 0. The molecule has 1 aromatic carbocycles. The van der Waals surface area contributed by atoms with E-state index in [0.717, 1.165) is 18.6 Å². The van der Waals surface area contributed by atoms with Gasteiger partial charge in [-0.25, -0.2) is 12.8 Å². The third-order valence-electron chi connectivity index (χ3n) is 3.87. The molecule has 1 aromatic rings. The molecule has 0 atom stereocenters. The summed E-state index contributed by atoms with van der Waals surface area (Å²) in [5, 5.41) is 2.73. The minimum atomic E-state index is -3.61. The van der Waals surface area contributed by atoms with Gasteiger partial charge in [0.15, 0.2) is 0 Å². The molecule has 0 radical (unpaired) electrons. The highest BCUT2D eigenvalue weighted by molar-refractivity contribution is 7.89. The van der Waals surface area contributed by atoms with Gasteiger partial charge in [-0.05, 0) is 43.5 Å². The van der Waals surface area contributed by atoms with Gasteiger partial charge in [0.05, 0.1) is 11.0 Å². The van der Waals surface area contributed by atoms with Crippen LogP contribution in [0.3, 0.4) is 0 Å². The van der Waals surface area contributed by atoms with Gasteiger partial charge in [0.25, 0.3) is 0 Å². The summed E-state index contributed by atoms with van der Waals surface area (Å²) in [6.45, 7) is 3.23. The number of rotatable bonds is 7. The number of sulfonamides is 1. The Morgan fingerprint density at radius 2 is 1.92 bits per heavy atom. The lowest BCUT2D eigenvalue weighted by atomic mass is 10.1. The molecule has 1 amide bonds. The molecule has 0 aliphatic carbocycles. The standard InChI is InChI=1S/C16H23FN2O4S/c1-2-9-18-16(20)12-23-14-7-10-19(11-8-14)24(21,22)15-5-3-13(17)4-6-15/h3-6,14H,2,7-12H2,1H3,(H,18,20). The van der Waals surface area contributed by atoms with Crippen LogP contribution in [0.15, 0.2) is 29.2 Å². The zero-order valence-electron chi connectivity index (χ0n) is 13.7. The summed E-state index contributed by atoms with van der Waals surface area (Å²) in [5.74, 6) is -0.624. The van der Waals surface area contributed by atoms with E-state index in [2.05, 4.69) is 5.32 Å². The van der Waals surface area contributed by atoms with Crippen LogP contribution < -0.4 is 5.32 Å². The van der Waals surface area contributed by atoms with E-state index >= 15 is 0 Å². The quantitative estimate of drug-likeness (QED) is 0.802. The summed E-state index contributed by atoms with van der Waals surface area (Å²) in [6, 6.07) is 4.81. The Morgan fingerprint density at radius 1 is 1.29 bits per heavy atom. The normalized spacial score (nSPS) is 16.9. The van der Waals surface area contributed by atoms with Gasteiger partial charge >= 0.3 is 0 Å². The summed E-state index contributed by atoms with van der Waals surface area (Å²) in [4.78, 5) is 11.6. The van der Waals surface area contributed by atoms with Crippen molar-refractivity contribution in [3.05, 3.63) is 30.1 Å². The molecule has 0 bridgehead atoms. The predicted molar refractivity (Wildman–Crippen MR) is 87.4 cm³/mol. The fraction of sp³-hybridized carbons (Fsp3) is 0.562. The average molecular weight is 358 g/mol. The largest absolute Gasteiger partial charge is 0.368 e. The number of ether oxygens (including phenoxy) is 1. The molecule has 8 heteroatoms. The van der Waals surface area contributed by atoms with Crippen molar-refractivity contribution in [3.8, 4) is 0 Å². The van der Waals surface area contributed by atoms with Crippen LogP contribution in [0.4, 0.5) is 4.39 Å². The molecule has 24 heavy (non-hydrogen) atoms. The molecule has 1 aliphatic rings. The lowest BCUT2D eigenvalue weighted by Gasteiger charge is -2.31. The molecular weight excluding hydrogens is 335 g/mol. The highest BCUT2D eigenvalue weighted by Crippen LogP contribution is 2.22. The van der Waals surface area contributed by atoms with Gasteiger partial charge in [-0.15, -0.1) is 0 Å². The molecule has 0 aromatic heterocycles. The van der Waals surface area contributed by atoms with E-state index < -0.39 is 15.8 Å². The Morgan fingerprint density at radius 3 is 2.50 bits per heavy atom. The Bertz CT molecular complexity index is 641. The molecule has 1 fully saturated rings. The van der Waals surface area contributed by atoms with E-state index in [1.807, 2.05) is 6.92 Å². The fourth-order valence-corrected chi connectivity index (χ4v) is 3.97. The van der Waals surface area contributed by atoms with E-state index in [0.29, 0.717) is 32.5 Å². The van der Waals surface area contributed by atoms with Crippen molar-refractivity contribution in [2.75, 3.05) is 26.2 Å². The highest BCUT2D eigenvalue weighted by Gasteiger charge is 2.29. The summed E-state index contributed by atoms with van der Waals surface area (Å²) < 4.78 is 44.8. The van der Waals surface area contributed by atoms with Gasteiger partial charge in [0.1, 0.15) is 12.4 Å². The molecule has 0 spiro atoms.